The van der Waals surface area contributed by atoms with Gasteiger partial charge in [-0.2, -0.15) is 0 Å². The number of guanidine groups is 1. The van der Waals surface area contributed by atoms with Crippen LogP contribution < -0.4 is 10.6 Å². The molecule has 0 saturated carbocycles. The Balaban J connectivity index is 0.00000312. The molecule has 0 unspecified atom stereocenters. The summed E-state index contributed by atoms with van der Waals surface area (Å²) in [6.07, 6.45) is 2.92. The van der Waals surface area contributed by atoms with Gasteiger partial charge in [0.1, 0.15) is 5.82 Å². The summed E-state index contributed by atoms with van der Waals surface area (Å²) in [5.74, 6) is 0.815. The number of sulfonamides is 1. The Hall–Kier alpha value is -0.940. The van der Waals surface area contributed by atoms with Gasteiger partial charge in [-0.25, -0.2) is 17.1 Å². The van der Waals surface area contributed by atoms with Gasteiger partial charge >= 0.3 is 0 Å². The van der Waals surface area contributed by atoms with E-state index >= 15 is 0 Å². The SMILES string of the molecule is CN=C(NCc1cccc(F)c1)NCC1CCN(S(C)(=O)=O)CC1.I. The molecule has 2 N–H and O–H groups in total. The highest BCUT2D eigenvalue weighted by Crippen LogP contribution is 2.18. The van der Waals surface area contributed by atoms with Crippen LogP contribution in [-0.2, 0) is 16.6 Å². The number of hydrogen-bond acceptors (Lipinski definition) is 3. The molecule has 2 rings (SSSR count). The molecule has 0 spiro atoms. The molecule has 0 atom stereocenters. The second kappa shape index (κ2) is 10.3. The van der Waals surface area contributed by atoms with Crippen molar-refractivity contribution in [1.82, 2.24) is 14.9 Å². The fourth-order valence-corrected chi connectivity index (χ4v) is 3.61. The van der Waals surface area contributed by atoms with Gasteiger partial charge in [0, 0.05) is 33.2 Å². The topological polar surface area (TPSA) is 73.8 Å². The van der Waals surface area contributed by atoms with Crippen molar-refractivity contribution < 1.29 is 12.8 Å². The normalized spacial score (nSPS) is 17.0. The smallest absolute Gasteiger partial charge is 0.211 e. The number of halogens is 2. The second-order valence-corrected chi connectivity index (χ2v) is 8.02. The Morgan fingerprint density at radius 3 is 2.56 bits per heavy atom. The standard InChI is InChI=1S/C16H25FN4O2S.HI/c1-18-16(20-12-14-4-3-5-15(17)10-14)19-11-13-6-8-21(9-7-13)24(2,22)23;/h3-5,10,13H,6-9,11-12H2,1-2H3,(H2,18,19,20);1H. The minimum absolute atomic E-state index is 0. The molecule has 1 aliphatic rings. The molecule has 1 aromatic carbocycles. The number of nitrogens with zero attached hydrogens (tertiary/aromatic N) is 2. The molecule has 1 aliphatic heterocycles. The lowest BCUT2D eigenvalue weighted by Crippen LogP contribution is -2.43. The molecule has 1 fully saturated rings. The van der Waals surface area contributed by atoms with E-state index in [-0.39, 0.29) is 29.8 Å². The van der Waals surface area contributed by atoms with E-state index in [1.807, 2.05) is 6.07 Å². The first kappa shape index (κ1) is 22.1. The van der Waals surface area contributed by atoms with Gasteiger partial charge in [-0.1, -0.05) is 12.1 Å². The number of rotatable bonds is 5. The Morgan fingerprint density at radius 2 is 2.00 bits per heavy atom. The van der Waals surface area contributed by atoms with Gasteiger partial charge in [0.15, 0.2) is 5.96 Å². The molecule has 0 amide bonds. The minimum atomic E-state index is -3.08. The van der Waals surface area contributed by atoms with Crippen LogP contribution in [0.1, 0.15) is 18.4 Å². The number of nitrogens with one attached hydrogen (secondary N) is 2. The molecular weight excluding hydrogens is 458 g/mol. The van der Waals surface area contributed by atoms with E-state index in [4.69, 9.17) is 0 Å². The molecule has 25 heavy (non-hydrogen) atoms. The molecule has 1 aromatic rings. The van der Waals surface area contributed by atoms with Crippen LogP contribution >= 0.6 is 24.0 Å². The van der Waals surface area contributed by atoms with Crippen molar-refractivity contribution in [1.29, 1.82) is 0 Å². The minimum Gasteiger partial charge on any atom is -0.356 e. The van der Waals surface area contributed by atoms with Gasteiger partial charge in [0.05, 0.1) is 6.26 Å². The van der Waals surface area contributed by atoms with Crippen molar-refractivity contribution in [2.24, 2.45) is 10.9 Å². The average molecular weight is 484 g/mol. The van der Waals surface area contributed by atoms with E-state index in [1.165, 1.54) is 22.7 Å². The Labute approximate surface area is 166 Å². The predicted octanol–water partition coefficient (Wildman–Crippen LogP) is 1.78. The molecule has 0 radical (unpaired) electrons. The summed E-state index contributed by atoms with van der Waals surface area (Å²) in [6, 6.07) is 6.43. The zero-order valence-corrected chi connectivity index (χ0v) is 17.7. The second-order valence-electron chi connectivity index (χ2n) is 6.04. The average Bonchev–Trinajstić information content (AvgIpc) is 2.55. The van der Waals surface area contributed by atoms with E-state index in [0.717, 1.165) is 24.9 Å². The maximum Gasteiger partial charge on any atom is 0.211 e. The lowest BCUT2D eigenvalue weighted by molar-refractivity contribution is 0.275. The highest BCUT2D eigenvalue weighted by atomic mass is 127. The van der Waals surface area contributed by atoms with Crippen LogP contribution in [0.3, 0.4) is 0 Å². The summed E-state index contributed by atoms with van der Waals surface area (Å²) < 4.78 is 37.7. The lowest BCUT2D eigenvalue weighted by Gasteiger charge is -2.30. The van der Waals surface area contributed by atoms with E-state index < -0.39 is 10.0 Å². The van der Waals surface area contributed by atoms with Crippen LogP contribution in [0.4, 0.5) is 4.39 Å². The van der Waals surface area contributed by atoms with Crippen LogP contribution in [0.5, 0.6) is 0 Å². The van der Waals surface area contributed by atoms with Gasteiger partial charge in [-0.15, -0.1) is 24.0 Å². The number of hydrogen-bond donors (Lipinski definition) is 2. The predicted molar refractivity (Wildman–Crippen MR) is 109 cm³/mol. The first-order valence-corrected chi connectivity index (χ1v) is 9.87. The maximum atomic E-state index is 13.2. The summed E-state index contributed by atoms with van der Waals surface area (Å²) in [6.45, 7) is 2.37. The Bertz CT molecular complexity index is 676. The lowest BCUT2D eigenvalue weighted by atomic mass is 9.98. The summed E-state index contributed by atoms with van der Waals surface area (Å²) in [7, 11) is -1.39. The van der Waals surface area contributed by atoms with Crippen molar-refractivity contribution in [3.8, 4) is 0 Å². The summed E-state index contributed by atoms with van der Waals surface area (Å²) in [5, 5.41) is 6.41. The number of aliphatic imine (C=N–C) groups is 1. The molecule has 0 aromatic heterocycles. The van der Waals surface area contributed by atoms with Crippen molar-refractivity contribution >= 4 is 40.0 Å². The quantitative estimate of drug-likeness (QED) is 0.380. The third kappa shape index (κ3) is 7.45. The van der Waals surface area contributed by atoms with Gasteiger partial charge in [0.2, 0.25) is 10.0 Å². The van der Waals surface area contributed by atoms with Crippen LogP contribution in [0.2, 0.25) is 0 Å². The zero-order chi connectivity index (χ0) is 17.6. The summed E-state index contributed by atoms with van der Waals surface area (Å²) in [5.41, 5.74) is 0.847. The maximum absolute atomic E-state index is 13.2. The fraction of sp³-hybridized carbons (Fsp3) is 0.562. The third-order valence-electron chi connectivity index (χ3n) is 4.17. The molecular formula is C16H26FIN4O2S. The van der Waals surface area contributed by atoms with Gasteiger partial charge in [-0.3, -0.25) is 4.99 Å². The largest absolute Gasteiger partial charge is 0.356 e. The fourth-order valence-electron chi connectivity index (χ4n) is 2.74. The van der Waals surface area contributed by atoms with Crippen LogP contribution in [0, 0.1) is 11.7 Å². The van der Waals surface area contributed by atoms with Gasteiger partial charge < -0.3 is 10.6 Å². The van der Waals surface area contributed by atoms with E-state index in [9.17, 15) is 12.8 Å². The van der Waals surface area contributed by atoms with Crippen LogP contribution in [0.15, 0.2) is 29.3 Å². The first-order valence-electron chi connectivity index (χ1n) is 8.02. The van der Waals surface area contributed by atoms with E-state index in [1.54, 1.807) is 13.1 Å². The molecule has 142 valence electrons. The molecule has 6 nitrogen and oxygen atoms in total. The summed E-state index contributed by atoms with van der Waals surface area (Å²) in [4.78, 5) is 4.16. The van der Waals surface area contributed by atoms with E-state index in [0.29, 0.717) is 31.5 Å². The highest BCUT2D eigenvalue weighted by molar-refractivity contribution is 14.0. The highest BCUT2D eigenvalue weighted by Gasteiger charge is 2.24. The van der Waals surface area contributed by atoms with Crippen molar-refractivity contribution in [3.05, 3.63) is 35.6 Å². The van der Waals surface area contributed by atoms with Crippen molar-refractivity contribution in [2.75, 3.05) is 32.9 Å². The number of piperidine rings is 1. The number of benzene rings is 1. The molecule has 0 aliphatic carbocycles. The van der Waals surface area contributed by atoms with Crippen LogP contribution in [-0.4, -0.2) is 51.6 Å². The molecule has 9 heteroatoms. The van der Waals surface area contributed by atoms with Crippen molar-refractivity contribution in [3.63, 3.8) is 0 Å². The molecule has 1 saturated heterocycles. The van der Waals surface area contributed by atoms with Gasteiger partial charge in [0.25, 0.3) is 0 Å². The third-order valence-corrected chi connectivity index (χ3v) is 5.48. The summed E-state index contributed by atoms with van der Waals surface area (Å²) >= 11 is 0. The van der Waals surface area contributed by atoms with E-state index in [2.05, 4.69) is 15.6 Å². The first-order chi connectivity index (χ1) is 11.4. The van der Waals surface area contributed by atoms with Crippen molar-refractivity contribution in [2.45, 2.75) is 19.4 Å². The van der Waals surface area contributed by atoms with Gasteiger partial charge in [-0.05, 0) is 36.5 Å². The zero-order valence-electron chi connectivity index (χ0n) is 14.5. The molecule has 0 bridgehead atoms. The Kier molecular flexibility index (Phi) is 9.08. The van der Waals surface area contributed by atoms with Crippen LogP contribution in [0.25, 0.3) is 0 Å². The molecule has 1 heterocycles. The Morgan fingerprint density at radius 1 is 1.32 bits per heavy atom. The monoisotopic (exact) mass is 484 g/mol.